The Morgan fingerprint density at radius 1 is 1.24 bits per heavy atom. The molecular weight excluding hydrogens is 284 g/mol. The molecule has 1 N–H and O–H groups in total. The number of halogens is 1. The first-order valence-corrected chi connectivity index (χ1v) is 7.33. The predicted octanol–water partition coefficient (Wildman–Crippen LogP) is 1.92. The quantitative estimate of drug-likeness (QED) is 0.550. The molecule has 0 fully saturated rings. The van der Waals surface area contributed by atoms with Crippen molar-refractivity contribution in [1.29, 1.82) is 0 Å². The van der Waals surface area contributed by atoms with Crippen molar-refractivity contribution in [3.8, 4) is 0 Å². The van der Waals surface area contributed by atoms with Crippen LogP contribution >= 0.6 is 15.9 Å². The zero-order valence-corrected chi connectivity index (χ0v) is 12.5. The van der Waals surface area contributed by atoms with Crippen molar-refractivity contribution in [3.05, 3.63) is 0 Å². The second-order valence-corrected chi connectivity index (χ2v) is 4.74. The Morgan fingerprint density at radius 3 is 2.29 bits per heavy atom. The summed E-state index contributed by atoms with van der Waals surface area (Å²) in [4.78, 5) is 25.1. The number of carbonyl (C=O) groups excluding carboxylic acids is 2. The van der Waals surface area contributed by atoms with E-state index in [2.05, 4.69) is 21.2 Å². The van der Waals surface area contributed by atoms with Gasteiger partial charge < -0.3 is 10.2 Å². The van der Waals surface area contributed by atoms with Gasteiger partial charge in [0.15, 0.2) is 0 Å². The molecule has 0 radical (unpaired) electrons. The summed E-state index contributed by atoms with van der Waals surface area (Å²) in [6, 6.07) is -0.425. The number of nitrogens with one attached hydrogen (secondary N) is 1. The van der Waals surface area contributed by atoms with Crippen LogP contribution in [0.1, 0.15) is 40.0 Å². The van der Waals surface area contributed by atoms with E-state index in [1.54, 1.807) is 11.8 Å². The zero-order valence-electron chi connectivity index (χ0n) is 11.0. The standard InChI is InChI=1S/C12H23BrN2O2/c1-4-15(5-2)12(17)10(3)14-11(16)8-6-7-9-13/h10H,4-9H2,1-3H3,(H,14,16). The van der Waals surface area contributed by atoms with Crippen molar-refractivity contribution < 1.29 is 9.59 Å². The Balaban J connectivity index is 4.02. The van der Waals surface area contributed by atoms with E-state index in [9.17, 15) is 9.59 Å². The summed E-state index contributed by atoms with van der Waals surface area (Å²) in [5, 5.41) is 3.65. The van der Waals surface area contributed by atoms with Crippen LogP contribution in [0, 0.1) is 0 Å². The lowest BCUT2D eigenvalue weighted by atomic mass is 10.2. The topological polar surface area (TPSA) is 49.4 Å². The molecule has 4 nitrogen and oxygen atoms in total. The van der Waals surface area contributed by atoms with Crippen LogP contribution < -0.4 is 5.32 Å². The van der Waals surface area contributed by atoms with Crippen LogP contribution in [0.25, 0.3) is 0 Å². The van der Waals surface area contributed by atoms with Crippen molar-refractivity contribution in [1.82, 2.24) is 10.2 Å². The molecule has 100 valence electrons. The molecule has 0 aromatic rings. The van der Waals surface area contributed by atoms with E-state index in [0.717, 1.165) is 18.2 Å². The molecular formula is C12H23BrN2O2. The molecule has 0 aliphatic heterocycles. The van der Waals surface area contributed by atoms with Gasteiger partial charge >= 0.3 is 0 Å². The lowest BCUT2D eigenvalue weighted by molar-refractivity contribution is -0.135. The van der Waals surface area contributed by atoms with Gasteiger partial charge in [-0.3, -0.25) is 9.59 Å². The third kappa shape index (κ3) is 6.66. The zero-order chi connectivity index (χ0) is 13.3. The van der Waals surface area contributed by atoms with Crippen LogP contribution in [-0.2, 0) is 9.59 Å². The lowest BCUT2D eigenvalue weighted by Crippen LogP contribution is -2.46. The molecule has 0 aliphatic rings. The van der Waals surface area contributed by atoms with Crippen LogP contribution in [0.4, 0.5) is 0 Å². The fourth-order valence-electron chi connectivity index (χ4n) is 1.56. The summed E-state index contributed by atoms with van der Waals surface area (Å²) < 4.78 is 0. The predicted molar refractivity (Wildman–Crippen MR) is 73.2 cm³/mol. The highest BCUT2D eigenvalue weighted by Crippen LogP contribution is 2.00. The largest absolute Gasteiger partial charge is 0.345 e. The van der Waals surface area contributed by atoms with Gasteiger partial charge in [-0.25, -0.2) is 0 Å². The molecule has 5 heteroatoms. The van der Waals surface area contributed by atoms with E-state index >= 15 is 0 Å². The van der Waals surface area contributed by atoms with Gasteiger partial charge in [0.05, 0.1) is 0 Å². The molecule has 0 heterocycles. The molecule has 1 unspecified atom stereocenters. The van der Waals surface area contributed by atoms with Gasteiger partial charge in [0, 0.05) is 24.8 Å². The normalized spacial score (nSPS) is 12.0. The molecule has 0 spiro atoms. The summed E-state index contributed by atoms with van der Waals surface area (Å²) in [6.45, 7) is 6.97. The number of alkyl halides is 1. The van der Waals surface area contributed by atoms with Gasteiger partial charge in [0.2, 0.25) is 11.8 Å². The Morgan fingerprint density at radius 2 is 1.82 bits per heavy atom. The second kappa shape index (κ2) is 9.45. The fraction of sp³-hybridized carbons (Fsp3) is 0.833. The fourth-order valence-corrected chi connectivity index (χ4v) is 1.96. The Kier molecular flexibility index (Phi) is 9.13. The minimum atomic E-state index is -0.425. The van der Waals surface area contributed by atoms with Crippen molar-refractivity contribution >= 4 is 27.7 Å². The first kappa shape index (κ1) is 16.4. The highest BCUT2D eigenvalue weighted by atomic mass is 79.9. The van der Waals surface area contributed by atoms with Gasteiger partial charge in [-0.15, -0.1) is 0 Å². The number of hydrogen-bond acceptors (Lipinski definition) is 2. The van der Waals surface area contributed by atoms with Crippen LogP contribution in [-0.4, -0.2) is 41.2 Å². The third-order valence-corrected chi connectivity index (χ3v) is 3.17. The summed E-state index contributed by atoms with van der Waals surface area (Å²) in [5.41, 5.74) is 0. The maximum atomic E-state index is 11.9. The van der Waals surface area contributed by atoms with Crippen LogP contribution in [0.5, 0.6) is 0 Å². The number of nitrogens with zero attached hydrogens (tertiary/aromatic N) is 1. The SMILES string of the molecule is CCN(CC)C(=O)C(C)NC(=O)CCCCBr. The summed E-state index contributed by atoms with van der Waals surface area (Å²) in [5.74, 6) is -0.0530. The molecule has 1 atom stereocenters. The third-order valence-electron chi connectivity index (χ3n) is 2.61. The first-order valence-electron chi connectivity index (χ1n) is 6.20. The maximum absolute atomic E-state index is 11.9. The van der Waals surface area contributed by atoms with Gasteiger partial charge in [0.1, 0.15) is 6.04 Å². The number of unbranched alkanes of at least 4 members (excludes halogenated alkanes) is 1. The highest BCUT2D eigenvalue weighted by Gasteiger charge is 2.19. The summed E-state index contributed by atoms with van der Waals surface area (Å²) >= 11 is 3.32. The minimum Gasteiger partial charge on any atom is -0.345 e. The highest BCUT2D eigenvalue weighted by molar-refractivity contribution is 9.09. The van der Waals surface area contributed by atoms with E-state index < -0.39 is 6.04 Å². The molecule has 0 rings (SSSR count). The molecule has 0 aromatic heterocycles. The Hall–Kier alpha value is -0.580. The smallest absolute Gasteiger partial charge is 0.244 e. The van der Waals surface area contributed by atoms with E-state index in [1.807, 2.05) is 13.8 Å². The molecule has 0 saturated carbocycles. The van der Waals surface area contributed by atoms with Crippen LogP contribution in [0.15, 0.2) is 0 Å². The maximum Gasteiger partial charge on any atom is 0.244 e. The van der Waals surface area contributed by atoms with Crippen molar-refractivity contribution in [2.75, 3.05) is 18.4 Å². The molecule has 2 amide bonds. The van der Waals surface area contributed by atoms with Gasteiger partial charge in [-0.2, -0.15) is 0 Å². The Bertz CT molecular complexity index is 243. The Labute approximate surface area is 112 Å². The number of amides is 2. The number of hydrogen-bond donors (Lipinski definition) is 1. The molecule has 0 aromatic carbocycles. The molecule has 17 heavy (non-hydrogen) atoms. The molecule has 0 aliphatic carbocycles. The monoisotopic (exact) mass is 306 g/mol. The molecule has 0 saturated heterocycles. The van der Waals surface area contributed by atoms with Gasteiger partial charge in [-0.1, -0.05) is 15.9 Å². The van der Waals surface area contributed by atoms with E-state index in [4.69, 9.17) is 0 Å². The summed E-state index contributed by atoms with van der Waals surface area (Å²) in [7, 11) is 0. The van der Waals surface area contributed by atoms with E-state index in [0.29, 0.717) is 19.5 Å². The lowest BCUT2D eigenvalue weighted by Gasteiger charge is -2.23. The van der Waals surface area contributed by atoms with Crippen molar-refractivity contribution in [3.63, 3.8) is 0 Å². The summed E-state index contributed by atoms with van der Waals surface area (Å²) in [6.07, 6.45) is 2.32. The van der Waals surface area contributed by atoms with E-state index in [1.165, 1.54) is 0 Å². The van der Waals surface area contributed by atoms with E-state index in [-0.39, 0.29) is 11.8 Å². The number of likely N-dealkylation sites (N-methyl/N-ethyl adjacent to an activating group) is 1. The average Bonchev–Trinajstić information content (AvgIpc) is 2.30. The number of carbonyl (C=O) groups is 2. The average molecular weight is 307 g/mol. The number of rotatable bonds is 8. The van der Waals surface area contributed by atoms with Crippen molar-refractivity contribution in [2.45, 2.75) is 46.1 Å². The van der Waals surface area contributed by atoms with Gasteiger partial charge in [0.25, 0.3) is 0 Å². The van der Waals surface area contributed by atoms with Crippen molar-refractivity contribution in [2.24, 2.45) is 0 Å². The molecule has 0 bridgehead atoms. The first-order chi connectivity index (χ1) is 8.06. The second-order valence-electron chi connectivity index (χ2n) is 3.95. The van der Waals surface area contributed by atoms with Crippen LogP contribution in [0.2, 0.25) is 0 Å². The minimum absolute atomic E-state index is 0.0103. The van der Waals surface area contributed by atoms with Gasteiger partial charge in [-0.05, 0) is 33.6 Å². The van der Waals surface area contributed by atoms with Crippen LogP contribution in [0.3, 0.4) is 0 Å².